The Labute approximate surface area is 335 Å². The van der Waals surface area contributed by atoms with Gasteiger partial charge in [-0.2, -0.15) is 0 Å². The Hall–Kier alpha value is -1.51. The van der Waals surface area contributed by atoms with Crippen molar-refractivity contribution in [3.05, 3.63) is 12.2 Å². The van der Waals surface area contributed by atoms with Crippen molar-refractivity contribution in [3.8, 4) is 0 Å². The van der Waals surface area contributed by atoms with Crippen LogP contribution in [0, 0.1) is 17.8 Å². The second kappa shape index (κ2) is 20.1. The van der Waals surface area contributed by atoms with Gasteiger partial charge in [0.15, 0.2) is 12.6 Å². The number of fused-ring (bicyclic) bond motifs is 1. The van der Waals surface area contributed by atoms with Gasteiger partial charge in [-0.1, -0.05) is 6.08 Å². The predicted molar refractivity (Wildman–Crippen MR) is 192 cm³/mol. The molecule has 0 aromatic heterocycles. The van der Waals surface area contributed by atoms with E-state index in [4.69, 9.17) is 37.9 Å². The number of aliphatic hydroxyl groups excluding tert-OH is 11. The molecular formula is C38H62O20. The number of rotatable bonds is 12. The molecule has 0 amide bonds. The van der Waals surface area contributed by atoms with Gasteiger partial charge in [0, 0.05) is 26.2 Å². The molecule has 20 heteroatoms. The average molecular weight is 839 g/mol. The number of allylic oxidation sites excluding steroid dienone is 1. The number of carbonyl (C=O) groups is 1. The van der Waals surface area contributed by atoms with Crippen LogP contribution in [0.25, 0.3) is 0 Å². The van der Waals surface area contributed by atoms with E-state index in [9.17, 15) is 61.0 Å². The summed E-state index contributed by atoms with van der Waals surface area (Å²) in [6.07, 6.45) is -19.0. The normalized spacial score (nSPS) is 50.3. The van der Waals surface area contributed by atoms with Crippen molar-refractivity contribution < 1.29 is 98.9 Å². The van der Waals surface area contributed by atoms with Crippen LogP contribution in [0.1, 0.15) is 51.4 Å². The minimum absolute atomic E-state index is 0.127. The summed E-state index contributed by atoms with van der Waals surface area (Å²) >= 11 is 0. The summed E-state index contributed by atoms with van der Waals surface area (Å²) in [7, 11) is 2.94. The minimum Gasteiger partial charge on any atom is -0.460 e. The maximum atomic E-state index is 12.6. The van der Waals surface area contributed by atoms with Crippen molar-refractivity contribution in [2.24, 2.45) is 17.8 Å². The smallest absolute Gasteiger partial charge is 0.330 e. The summed E-state index contributed by atoms with van der Waals surface area (Å²) in [6, 6.07) is 0. The second-order valence-electron chi connectivity index (χ2n) is 16.7. The highest BCUT2D eigenvalue weighted by Crippen LogP contribution is 2.43. The first-order valence-electron chi connectivity index (χ1n) is 20.2. The zero-order chi connectivity index (χ0) is 42.0. The van der Waals surface area contributed by atoms with Gasteiger partial charge in [0.2, 0.25) is 0 Å². The van der Waals surface area contributed by atoms with E-state index in [1.165, 1.54) is 20.3 Å². The maximum Gasteiger partial charge on any atom is 0.330 e. The third-order valence-electron chi connectivity index (χ3n) is 12.9. The summed E-state index contributed by atoms with van der Waals surface area (Å²) in [6.45, 7) is -1.15. The van der Waals surface area contributed by atoms with Gasteiger partial charge in [0.05, 0.1) is 61.5 Å². The molecule has 20 nitrogen and oxygen atoms in total. The van der Waals surface area contributed by atoms with Gasteiger partial charge in [-0.25, -0.2) is 4.79 Å². The average Bonchev–Trinajstić information content (AvgIpc) is 3.20. The quantitative estimate of drug-likeness (QED) is 0.0655. The SMILES string of the molecule is COC1CC(C=CC(=O)OC[C@H]2O[C@@H](OC[C@H]3O[C@@H](OC4CC5C(O)CC(O)CC5OC4C4CCC(O)C(O)C4)[C@H](O)[C@@H](O)[C@H]3O)[C@H](O)[C@@H](O)[C@@H]2O)CC(OC)C1O. The van der Waals surface area contributed by atoms with E-state index in [1.54, 1.807) is 6.08 Å². The molecule has 3 saturated carbocycles. The third kappa shape index (κ3) is 10.4. The Morgan fingerprint density at radius 3 is 1.86 bits per heavy atom. The first kappa shape index (κ1) is 46.0. The molecule has 0 bridgehead atoms. The molecule has 6 rings (SSSR count). The molecule has 0 spiro atoms. The lowest BCUT2D eigenvalue weighted by Gasteiger charge is -2.51. The van der Waals surface area contributed by atoms with E-state index in [2.05, 4.69) is 0 Å². The lowest BCUT2D eigenvalue weighted by Crippen LogP contribution is -2.63. The predicted octanol–water partition coefficient (Wildman–Crippen LogP) is -4.29. The number of aliphatic hydroxyl groups is 11. The van der Waals surface area contributed by atoms with Crippen molar-refractivity contribution >= 4 is 5.97 Å². The van der Waals surface area contributed by atoms with Crippen LogP contribution in [0.3, 0.4) is 0 Å². The van der Waals surface area contributed by atoms with Crippen LogP contribution in [-0.4, -0.2) is 212 Å². The Bertz CT molecular complexity index is 1330. The summed E-state index contributed by atoms with van der Waals surface area (Å²) in [5.41, 5.74) is 0. The highest BCUT2D eigenvalue weighted by Gasteiger charge is 2.53. The van der Waals surface area contributed by atoms with Gasteiger partial charge in [0.25, 0.3) is 0 Å². The molecule has 11 N–H and O–H groups in total. The van der Waals surface area contributed by atoms with E-state index in [-0.39, 0.29) is 37.5 Å². The van der Waals surface area contributed by atoms with Crippen molar-refractivity contribution in [2.45, 2.75) is 174 Å². The fraction of sp³-hybridized carbons (Fsp3) is 0.921. The van der Waals surface area contributed by atoms with Crippen LogP contribution < -0.4 is 0 Å². The highest BCUT2D eigenvalue weighted by atomic mass is 16.7. The van der Waals surface area contributed by atoms with E-state index < -0.39 is 148 Å². The molecule has 3 saturated heterocycles. The molecule has 0 aromatic rings. The monoisotopic (exact) mass is 838 g/mol. The molecule has 3 aliphatic carbocycles. The molecule has 3 aliphatic heterocycles. The van der Waals surface area contributed by atoms with Crippen molar-refractivity contribution in [2.75, 3.05) is 27.4 Å². The number of esters is 1. The van der Waals surface area contributed by atoms with Crippen LogP contribution in [0.4, 0.5) is 0 Å². The second-order valence-corrected chi connectivity index (χ2v) is 16.7. The Morgan fingerprint density at radius 1 is 0.603 bits per heavy atom. The van der Waals surface area contributed by atoms with Gasteiger partial charge in [-0.05, 0) is 63.2 Å². The van der Waals surface area contributed by atoms with Gasteiger partial charge in [-0.15, -0.1) is 0 Å². The Kier molecular flexibility index (Phi) is 16.0. The topological polar surface area (TPSA) is 313 Å². The van der Waals surface area contributed by atoms with E-state index in [0.717, 1.165) is 0 Å². The van der Waals surface area contributed by atoms with Crippen molar-refractivity contribution in [1.82, 2.24) is 0 Å². The van der Waals surface area contributed by atoms with Crippen LogP contribution in [0.2, 0.25) is 0 Å². The van der Waals surface area contributed by atoms with Gasteiger partial charge >= 0.3 is 5.97 Å². The zero-order valence-electron chi connectivity index (χ0n) is 32.6. The van der Waals surface area contributed by atoms with Crippen molar-refractivity contribution in [3.63, 3.8) is 0 Å². The molecular weight excluding hydrogens is 776 g/mol. The molecule has 21 atom stereocenters. The first-order chi connectivity index (χ1) is 27.6. The number of hydrogen-bond acceptors (Lipinski definition) is 20. The summed E-state index contributed by atoms with van der Waals surface area (Å²) in [5.74, 6) is -1.74. The van der Waals surface area contributed by atoms with Crippen LogP contribution in [0.5, 0.6) is 0 Å². The lowest BCUT2D eigenvalue weighted by molar-refractivity contribution is -0.347. The summed E-state index contributed by atoms with van der Waals surface area (Å²) in [5, 5.41) is 117. The molecule has 3 heterocycles. The van der Waals surface area contributed by atoms with E-state index in [1.807, 2.05) is 0 Å². The molecule has 6 aliphatic rings. The Balaban J connectivity index is 1.06. The Morgan fingerprint density at radius 2 is 1.22 bits per heavy atom. The van der Waals surface area contributed by atoms with Gasteiger partial charge in [0.1, 0.15) is 61.5 Å². The molecule has 0 aromatic carbocycles. The van der Waals surface area contributed by atoms with E-state index in [0.29, 0.717) is 25.7 Å². The summed E-state index contributed by atoms with van der Waals surface area (Å²) < 4.78 is 45.9. The lowest BCUT2D eigenvalue weighted by atomic mass is 9.72. The molecule has 11 unspecified atom stereocenters. The third-order valence-corrected chi connectivity index (χ3v) is 12.9. The first-order valence-corrected chi connectivity index (χ1v) is 20.2. The summed E-state index contributed by atoms with van der Waals surface area (Å²) in [4.78, 5) is 12.6. The van der Waals surface area contributed by atoms with Crippen molar-refractivity contribution in [1.29, 1.82) is 0 Å². The largest absolute Gasteiger partial charge is 0.460 e. The van der Waals surface area contributed by atoms with Crippen LogP contribution in [-0.2, 0) is 42.7 Å². The fourth-order valence-corrected chi connectivity index (χ4v) is 9.39. The number of carbonyl (C=O) groups excluding carboxylic acids is 1. The zero-order valence-corrected chi connectivity index (χ0v) is 32.6. The molecule has 334 valence electrons. The fourth-order valence-electron chi connectivity index (χ4n) is 9.39. The van der Waals surface area contributed by atoms with Gasteiger partial charge < -0.3 is 94.1 Å². The number of methoxy groups -OCH3 is 2. The minimum atomic E-state index is -1.81. The molecule has 0 radical (unpaired) electrons. The number of ether oxygens (including phenoxy) is 8. The maximum absolute atomic E-state index is 12.6. The van der Waals surface area contributed by atoms with Crippen LogP contribution in [0.15, 0.2) is 12.2 Å². The number of hydrogen-bond donors (Lipinski definition) is 11. The standard InChI is InChI=1S/C38H62O20/c1-51-23-7-15(8-24(52-2)29(23)44)3-6-28(43)53-13-26-30(45)32(47)34(49)37(57-26)54-14-27-31(46)33(48)35(50)38(58-27)56-25-12-18-20(41)10-17(39)11-22(18)55-36(25)16-4-5-19(40)21(42)9-16/h3,6,15-27,29-42,44-50H,4-5,7-14H2,1-2H3/t15?,16?,17?,18?,19?,20?,21?,22?,23?,24?,25?,26-,27-,29?,30-,31+,32+,33+,34-,35-,36?,37-,38-/m1/s1. The highest BCUT2D eigenvalue weighted by molar-refractivity contribution is 5.81. The van der Waals surface area contributed by atoms with Crippen LogP contribution >= 0.6 is 0 Å². The van der Waals surface area contributed by atoms with E-state index >= 15 is 0 Å². The van der Waals surface area contributed by atoms with Gasteiger partial charge in [-0.3, -0.25) is 0 Å². The molecule has 58 heavy (non-hydrogen) atoms. The molecule has 6 fully saturated rings.